The van der Waals surface area contributed by atoms with Crippen LogP contribution in [0.25, 0.3) is 0 Å². The first-order valence-corrected chi connectivity index (χ1v) is 7.78. The normalized spacial score (nSPS) is 18.9. The monoisotopic (exact) mass is 317 g/mol. The van der Waals surface area contributed by atoms with E-state index in [0.29, 0.717) is 23.7 Å². The molecule has 2 atom stereocenters. The molecule has 2 rings (SSSR count). The molecule has 0 aromatic heterocycles. The van der Waals surface area contributed by atoms with E-state index in [-0.39, 0.29) is 30.1 Å². The number of nitrogens with one attached hydrogen (secondary N) is 2. The van der Waals surface area contributed by atoms with E-state index >= 15 is 0 Å². The molecule has 23 heavy (non-hydrogen) atoms. The molecule has 6 nitrogen and oxygen atoms in total. The number of hydrogen-bond acceptors (Lipinski definition) is 3. The third-order valence-electron chi connectivity index (χ3n) is 3.94. The molecule has 0 heterocycles. The molecule has 0 saturated heterocycles. The number of anilines is 1. The van der Waals surface area contributed by atoms with Gasteiger partial charge in [0.1, 0.15) is 0 Å². The molecule has 0 spiro atoms. The minimum Gasteiger partial charge on any atom is -0.355 e. The highest BCUT2D eigenvalue weighted by molar-refractivity contribution is 6.03. The van der Waals surface area contributed by atoms with E-state index in [1.807, 2.05) is 6.92 Å². The molecule has 6 heteroatoms. The minimum atomic E-state index is -0.229. The van der Waals surface area contributed by atoms with E-state index in [2.05, 4.69) is 10.6 Å². The molecule has 1 aliphatic carbocycles. The highest BCUT2D eigenvalue weighted by Gasteiger charge is 2.38. The molecule has 0 radical (unpaired) electrons. The second kappa shape index (κ2) is 7.26. The molecule has 1 fully saturated rings. The van der Waals surface area contributed by atoms with E-state index in [9.17, 15) is 14.4 Å². The smallest absolute Gasteiger partial charge is 0.255 e. The van der Waals surface area contributed by atoms with E-state index in [0.717, 1.165) is 6.42 Å². The van der Waals surface area contributed by atoms with Crippen molar-refractivity contribution in [2.45, 2.75) is 19.8 Å². The van der Waals surface area contributed by atoms with Gasteiger partial charge in [-0.2, -0.15) is 0 Å². The Balaban J connectivity index is 1.85. The van der Waals surface area contributed by atoms with Gasteiger partial charge in [-0.25, -0.2) is 0 Å². The molecule has 2 N–H and O–H groups in total. The lowest BCUT2D eigenvalue weighted by atomic mass is 10.1. The Bertz CT molecular complexity index is 613. The van der Waals surface area contributed by atoms with Crippen molar-refractivity contribution in [3.8, 4) is 0 Å². The largest absolute Gasteiger partial charge is 0.355 e. The summed E-state index contributed by atoms with van der Waals surface area (Å²) in [6, 6.07) is 6.88. The van der Waals surface area contributed by atoms with Crippen LogP contribution in [0.15, 0.2) is 24.3 Å². The van der Waals surface area contributed by atoms with Gasteiger partial charge in [0.15, 0.2) is 0 Å². The van der Waals surface area contributed by atoms with Crippen molar-refractivity contribution in [2.24, 2.45) is 11.8 Å². The van der Waals surface area contributed by atoms with Crippen LogP contribution in [-0.4, -0.2) is 43.3 Å². The Kier molecular flexibility index (Phi) is 5.36. The summed E-state index contributed by atoms with van der Waals surface area (Å²) in [5, 5.41) is 5.51. The van der Waals surface area contributed by atoms with Crippen LogP contribution in [0, 0.1) is 11.8 Å². The van der Waals surface area contributed by atoms with Crippen LogP contribution in [0.1, 0.15) is 30.1 Å². The van der Waals surface area contributed by atoms with Gasteiger partial charge in [0.2, 0.25) is 11.8 Å². The quantitative estimate of drug-likeness (QED) is 0.834. The van der Waals surface area contributed by atoms with Crippen LogP contribution in [0.3, 0.4) is 0 Å². The fraction of sp³-hybridized carbons (Fsp3) is 0.471. The summed E-state index contributed by atoms with van der Waals surface area (Å²) in [6.07, 6.45) is 1.11. The lowest BCUT2D eigenvalue weighted by Crippen LogP contribution is -2.29. The lowest BCUT2D eigenvalue weighted by Gasteiger charge is -2.14. The maximum absolute atomic E-state index is 12.1. The summed E-state index contributed by atoms with van der Waals surface area (Å²) in [4.78, 5) is 37.2. The van der Waals surface area contributed by atoms with Gasteiger partial charge in [-0.05, 0) is 24.5 Å². The first-order valence-electron chi connectivity index (χ1n) is 7.78. The lowest BCUT2D eigenvalue weighted by molar-refractivity contribution is -0.122. The van der Waals surface area contributed by atoms with Crippen molar-refractivity contribution >= 4 is 23.4 Å². The standard InChI is InChI=1S/C17H23N3O3/c1-11-10-13(11)16(22)18-9-8-15(21)19-14-7-5-4-6-12(14)17(23)20(2)3/h4-7,11,13H,8-10H2,1-3H3,(H,18,22)(H,19,21)/t11-,13+/m0/s1. The predicted octanol–water partition coefficient (Wildman–Crippen LogP) is 1.49. The van der Waals surface area contributed by atoms with Crippen LogP contribution in [0.2, 0.25) is 0 Å². The average molecular weight is 317 g/mol. The molecular formula is C17H23N3O3. The van der Waals surface area contributed by atoms with Gasteiger partial charge in [0.05, 0.1) is 11.3 Å². The highest BCUT2D eigenvalue weighted by Crippen LogP contribution is 2.37. The van der Waals surface area contributed by atoms with Gasteiger partial charge < -0.3 is 15.5 Å². The fourth-order valence-corrected chi connectivity index (χ4v) is 2.35. The fourth-order valence-electron chi connectivity index (χ4n) is 2.35. The van der Waals surface area contributed by atoms with Gasteiger partial charge >= 0.3 is 0 Å². The Hall–Kier alpha value is -2.37. The SMILES string of the molecule is C[C@H]1C[C@H]1C(=O)NCCC(=O)Nc1ccccc1C(=O)N(C)C. The van der Waals surface area contributed by atoms with Crippen molar-refractivity contribution in [3.05, 3.63) is 29.8 Å². The zero-order valence-electron chi connectivity index (χ0n) is 13.8. The average Bonchev–Trinajstić information content (AvgIpc) is 3.24. The number of para-hydroxylation sites is 1. The van der Waals surface area contributed by atoms with Crippen molar-refractivity contribution < 1.29 is 14.4 Å². The molecule has 0 unspecified atom stereocenters. The van der Waals surface area contributed by atoms with Crippen molar-refractivity contribution in [1.29, 1.82) is 0 Å². The van der Waals surface area contributed by atoms with Crippen LogP contribution in [0.5, 0.6) is 0 Å². The molecule has 1 aromatic rings. The number of nitrogens with zero attached hydrogens (tertiary/aromatic N) is 1. The predicted molar refractivity (Wildman–Crippen MR) is 88.0 cm³/mol. The van der Waals surface area contributed by atoms with E-state index in [1.165, 1.54) is 4.90 Å². The first-order chi connectivity index (χ1) is 10.9. The summed E-state index contributed by atoms with van der Waals surface area (Å²) < 4.78 is 0. The van der Waals surface area contributed by atoms with Gasteiger partial charge in [-0.1, -0.05) is 19.1 Å². The molecule has 1 saturated carbocycles. The number of carbonyl (C=O) groups is 3. The highest BCUT2D eigenvalue weighted by atomic mass is 16.2. The Morgan fingerprint density at radius 2 is 1.87 bits per heavy atom. The number of benzene rings is 1. The molecule has 3 amide bonds. The Morgan fingerprint density at radius 3 is 2.48 bits per heavy atom. The minimum absolute atomic E-state index is 0.0217. The Labute approximate surface area is 136 Å². The summed E-state index contributed by atoms with van der Waals surface area (Å²) in [6.45, 7) is 2.34. The molecule has 1 aliphatic rings. The first kappa shape index (κ1) is 17.0. The number of amides is 3. The van der Waals surface area contributed by atoms with Crippen LogP contribution < -0.4 is 10.6 Å². The molecule has 124 valence electrons. The number of hydrogen-bond donors (Lipinski definition) is 2. The Morgan fingerprint density at radius 1 is 1.22 bits per heavy atom. The zero-order chi connectivity index (χ0) is 17.0. The molecular weight excluding hydrogens is 294 g/mol. The third kappa shape index (κ3) is 4.55. The second-order valence-electron chi connectivity index (χ2n) is 6.15. The molecule has 0 aliphatic heterocycles. The maximum Gasteiger partial charge on any atom is 0.255 e. The second-order valence-corrected chi connectivity index (χ2v) is 6.15. The van der Waals surface area contributed by atoms with E-state index in [1.54, 1.807) is 38.4 Å². The van der Waals surface area contributed by atoms with E-state index < -0.39 is 0 Å². The van der Waals surface area contributed by atoms with Crippen molar-refractivity contribution in [2.75, 3.05) is 26.0 Å². The zero-order valence-corrected chi connectivity index (χ0v) is 13.8. The molecule has 1 aromatic carbocycles. The number of rotatable bonds is 6. The van der Waals surface area contributed by atoms with Gasteiger partial charge in [0.25, 0.3) is 5.91 Å². The van der Waals surface area contributed by atoms with E-state index in [4.69, 9.17) is 0 Å². The topological polar surface area (TPSA) is 78.5 Å². The summed E-state index contributed by atoms with van der Waals surface area (Å²) in [5.74, 6) is 0.183. The summed E-state index contributed by atoms with van der Waals surface area (Å²) >= 11 is 0. The van der Waals surface area contributed by atoms with Gasteiger partial charge in [-0.3, -0.25) is 14.4 Å². The van der Waals surface area contributed by atoms with Gasteiger partial charge in [0, 0.05) is 33.0 Å². The third-order valence-corrected chi connectivity index (χ3v) is 3.94. The van der Waals surface area contributed by atoms with Gasteiger partial charge in [-0.15, -0.1) is 0 Å². The van der Waals surface area contributed by atoms with Crippen molar-refractivity contribution in [3.63, 3.8) is 0 Å². The van der Waals surface area contributed by atoms with Crippen LogP contribution >= 0.6 is 0 Å². The van der Waals surface area contributed by atoms with Crippen molar-refractivity contribution in [1.82, 2.24) is 10.2 Å². The summed E-state index contributed by atoms with van der Waals surface area (Å²) in [5.41, 5.74) is 0.931. The maximum atomic E-state index is 12.1. The van der Waals surface area contributed by atoms with Crippen LogP contribution in [-0.2, 0) is 9.59 Å². The number of carbonyl (C=O) groups excluding carboxylic acids is 3. The summed E-state index contributed by atoms with van der Waals surface area (Å²) in [7, 11) is 3.32. The molecule has 0 bridgehead atoms. The van der Waals surface area contributed by atoms with Crippen LogP contribution in [0.4, 0.5) is 5.69 Å².